The van der Waals surface area contributed by atoms with Crippen molar-refractivity contribution in [1.29, 1.82) is 0 Å². The number of rotatable bonds is 6. The minimum absolute atomic E-state index is 0.0300. The second kappa shape index (κ2) is 6.88. The molecule has 2 rings (SSSR count). The van der Waals surface area contributed by atoms with E-state index in [1.807, 2.05) is 16.5 Å². The maximum Gasteiger partial charge on any atom is 0.239 e. The summed E-state index contributed by atoms with van der Waals surface area (Å²) in [6, 6.07) is 2.12. The Morgan fingerprint density at radius 2 is 2.20 bits per heavy atom. The van der Waals surface area contributed by atoms with Crippen LogP contribution in [-0.2, 0) is 11.3 Å². The first-order valence-electron chi connectivity index (χ1n) is 7.65. The van der Waals surface area contributed by atoms with Crippen LogP contribution >= 0.6 is 0 Å². The van der Waals surface area contributed by atoms with Crippen LogP contribution < -0.4 is 5.32 Å². The van der Waals surface area contributed by atoms with Gasteiger partial charge in [-0.3, -0.25) is 9.48 Å². The summed E-state index contributed by atoms with van der Waals surface area (Å²) in [5.41, 5.74) is 2.25. The maximum atomic E-state index is 12.3. The van der Waals surface area contributed by atoms with E-state index in [0.717, 1.165) is 51.1 Å². The zero-order valence-electron chi connectivity index (χ0n) is 12.9. The predicted molar refractivity (Wildman–Crippen MR) is 79.6 cm³/mol. The molecule has 1 aromatic rings. The Hall–Kier alpha value is -1.36. The number of nitrogens with zero attached hydrogens (tertiary/aromatic N) is 3. The molecular weight excluding hydrogens is 252 g/mol. The van der Waals surface area contributed by atoms with Crippen LogP contribution in [0.5, 0.6) is 0 Å². The Morgan fingerprint density at radius 1 is 1.40 bits per heavy atom. The summed E-state index contributed by atoms with van der Waals surface area (Å²) in [5.74, 6) is 0.270. The summed E-state index contributed by atoms with van der Waals surface area (Å²) in [7, 11) is 0. The average molecular weight is 278 g/mol. The lowest BCUT2D eigenvalue weighted by molar-refractivity contribution is -0.136. The van der Waals surface area contributed by atoms with Gasteiger partial charge in [-0.25, -0.2) is 0 Å². The minimum Gasteiger partial charge on any atom is -0.341 e. The number of hydrogen-bond acceptors (Lipinski definition) is 3. The number of likely N-dealkylation sites (tertiary alicyclic amines) is 1. The number of piperidine rings is 1. The van der Waals surface area contributed by atoms with E-state index < -0.39 is 0 Å². The lowest BCUT2D eigenvalue weighted by Crippen LogP contribution is -2.50. The number of carbonyl (C=O) groups is 1. The van der Waals surface area contributed by atoms with Gasteiger partial charge >= 0.3 is 0 Å². The summed E-state index contributed by atoms with van der Waals surface area (Å²) >= 11 is 0. The van der Waals surface area contributed by atoms with E-state index in [2.05, 4.69) is 30.3 Å². The quantitative estimate of drug-likeness (QED) is 0.858. The predicted octanol–water partition coefficient (Wildman–Crippen LogP) is 1.49. The smallest absolute Gasteiger partial charge is 0.239 e. The van der Waals surface area contributed by atoms with Crippen molar-refractivity contribution in [2.45, 2.75) is 52.6 Å². The Bertz CT molecular complexity index is 453. The summed E-state index contributed by atoms with van der Waals surface area (Å²) in [4.78, 5) is 14.3. The van der Waals surface area contributed by atoms with Crippen molar-refractivity contribution >= 4 is 5.91 Å². The lowest BCUT2D eigenvalue weighted by atomic mass is 10.0. The Kier molecular flexibility index (Phi) is 5.17. The number of likely N-dealkylation sites (N-methyl/N-ethyl adjacent to an activating group) is 1. The molecule has 1 aromatic heterocycles. The number of aryl methyl sites for hydroxylation is 3. The minimum atomic E-state index is 0.0300. The van der Waals surface area contributed by atoms with Gasteiger partial charge in [0.2, 0.25) is 5.91 Å². The van der Waals surface area contributed by atoms with Crippen molar-refractivity contribution in [3.05, 3.63) is 17.5 Å². The van der Waals surface area contributed by atoms with Crippen molar-refractivity contribution in [3.63, 3.8) is 0 Å². The fourth-order valence-electron chi connectivity index (χ4n) is 2.91. The molecule has 5 heteroatoms. The Morgan fingerprint density at radius 3 is 2.85 bits per heavy atom. The number of amides is 1. The van der Waals surface area contributed by atoms with Crippen LogP contribution in [0.4, 0.5) is 0 Å². The molecular formula is C15H26N4O. The normalized spacial score (nSPS) is 19.6. The number of hydrogen-bond donors (Lipinski definition) is 1. The monoisotopic (exact) mass is 278 g/mol. The third-order valence-corrected chi connectivity index (χ3v) is 3.88. The van der Waals surface area contributed by atoms with Gasteiger partial charge in [-0.05, 0) is 45.7 Å². The molecule has 5 nitrogen and oxygen atoms in total. The summed E-state index contributed by atoms with van der Waals surface area (Å²) in [6.07, 6.45) is 3.04. The van der Waals surface area contributed by atoms with Crippen LogP contribution in [0.25, 0.3) is 0 Å². The van der Waals surface area contributed by atoms with Gasteiger partial charge in [-0.1, -0.05) is 6.92 Å². The molecule has 0 aliphatic carbocycles. The molecule has 1 aliphatic rings. The van der Waals surface area contributed by atoms with Gasteiger partial charge in [0.25, 0.3) is 0 Å². The third-order valence-electron chi connectivity index (χ3n) is 3.88. The van der Waals surface area contributed by atoms with Gasteiger partial charge in [0.1, 0.15) is 0 Å². The van der Waals surface area contributed by atoms with Crippen molar-refractivity contribution < 1.29 is 4.79 Å². The summed E-state index contributed by atoms with van der Waals surface area (Å²) < 4.78 is 2.03. The highest BCUT2D eigenvalue weighted by molar-refractivity contribution is 5.82. The number of carbonyl (C=O) groups excluding carboxylic acids is 1. The van der Waals surface area contributed by atoms with Crippen molar-refractivity contribution in [3.8, 4) is 0 Å². The van der Waals surface area contributed by atoms with Crippen molar-refractivity contribution in [1.82, 2.24) is 20.0 Å². The largest absolute Gasteiger partial charge is 0.341 e. The van der Waals surface area contributed by atoms with Gasteiger partial charge in [0, 0.05) is 25.3 Å². The van der Waals surface area contributed by atoms with E-state index in [4.69, 9.17) is 0 Å². The van der Waals surface area contributed by atoms with Crippen LogP contribution in [0, 0.1) is 13.8 Å². The first-order chi connectivity index (χ1) is 9.61. The molecule has 1 unspecified atom stereocenters. The molecule has 0 aromatic carbocycles. The molecule has 0 spiro atoms. The van der Waals surface area contributed by atoms with Gasteiger partial charge in [0.05, 0.1) is 11.7 Å². The first kappa shape index (κ1) is 15.0. The zero-order chi connectivity index (χ0) is 14.5. The highest BCUT2D eigenvalue weighted by Crippen LogP contribution is 2.12. The number of aromatic nitrogens is 2. The molecule has 0 bridgehead atoms. The second-order valence-electron chi connectivity index (χ2n) is 5.58. The van der Waals surface area contributed by atoms with E-state index in [-0.39, 0.29) is 11.9 Å². The van der Waals surface area contributed by atoms with E-state index in [1.165, 1.54) is 5.69 Å². The van der Waals surface area contributed by atoms with Gasteiger partial charge in [0.15, 0.2) is 0 Å². The summed E-state index contributed by atoms with van der Waals surface area (Å²) in [6.45, 7) is 9.61. The van der Waals surface area contributed by atoms with E-state index in [1.54, 1.807) is 0 Å². The average Bonchev–Trinajstić information content (AvgIpc) is 2.73. The molecule has 2 heterocycles. The molecule has 1 amide bonds. The lowest BCUT2D eigenvalue weighted by Gasteiger charge is -2.32. The molecule has 0 radical (unpaired) electrons. The van der Waals surface area contributed by atoms with E-state index in [9.17, 15) is 4.79 Å². The van der Waals surface area contributed by atoms with Crippen LogP contribution in [0.15, 0.2) is 6.07 Å². The Balaban J connectivity index is 1.81. The highest BCUT2D eigenvalue weighted by Gasteiger charge is 2.27. The van der Waals surface area contributed by atoms with E-state index in [0.29, 0.717) is 0 Å². The zero-order valence-corrected chi connectivity index (χ0v) is 12.9. The van der Waals surface area contributed by atoms with Gasteiger partial charge in [-0.15, -0.1) is 0 Å². The standard InChI is InChI=1S/C15H26N4O/c1-4-16-14-7-5-8-18(15(14)20)9-6-10-19-13(3)11-12(2)17-19/h11,14,16H,4-10H2,1-3H3. The molecule has 20 heavy (non-hydrogen) atoms. The van der Waals surface area contributed by atoms with Crippen LogP contribution in [0.1, 0.15) is 37.6 Å². The maximum absolute atomic E-state index is 12.3. The summed E-state index contributed by atoms with van der Waals surface area (Å²) in [5, 5.41) is 7.73. The van der Waals surface area contributed by atoms with Gasteiger partial charge < -0.3 is 10.2 Å². The molecule has 112 valence electrons. The third kappa shape index (κ3) is 3.60. The highest BCUT2D eigenvalue weighted by atomic mass is 16.2. The SMILES string of the molecule is CCNC1CCCN(CCCn2nc(C)cc2C)C1=O. The van der Waals surface area contributed by atoms with Crippen LogP contribution in [0.3, 0.4) is 0 Å². The molecule has 0 saturated carbocycles. The topological polar surface area (TPSA) is 50.2 Å². The van der Waals surface area contributed by atoms with Crippen molar-refractivity contribution in [2.75, 3.05) is 19.6 Å². The fourth-order valence-corrected chi connectivity index (χ4v) is 2.91. The van der Waals surface area contributed by atoms with Gasteiger partial charge in [-0.2, -0.15) is 5.10 Å². The number of nitrogens with one attached hydrogen (secondary N) is 1. The molecule has 1 N–H and O–H groups in total. The first-order valence-corrected chi connectivity index (χ1v) is 7.65. The molecule has 1 atom stereocenters. The van der Waals surface area contributed by atoms with Crippen molar-refractivity contribution in [2.24, 2.45) is 0 Å². The molecule has 1 aliphatic heterocycles. The van der Waals surface area contributed by atoms with Crippen LogP contribution in [0.2, 0.25) is 0 Å². The Labute approximate surface area is 121 Å². The van der Waals surface area contributed by atoms with Crippen LogP contribution in [-0.4, -0.2) is 46.3 Å². The fraction of sp³-hybridized carbons (Fsp3) is 0.733. The molecule has 1 fully saturated rings. The van der Waals surface area contributed by atoms with E-state index >= 15 is 0 Å². The second-order valence-corrected chi connectivity index (χ2v) is 5.58. The molecule has 1 saturated heterocycles.